The van der Waals surface area contributed by atoms with Gasteiger partial charge in [0.15, 0.2) is 5.72 Å². The quantitative estimate of drug-likeness (QED) is 0.892. The lowest BCUT2D eigenvalue weighted by Gasteiger charge is -2.51. The molecule has 2 amide bonds. The first-order valence-electron chi connectivity index (χ1n) is 7.02. The highest BCUT2D eigenvalue weighted by Crippen LogP contribution is 2.47. The number of amides is 2. The number of fused-ring (bicyclic) bond motifs is 4. The predicted octanol–water partition coefficient (Wildman–Crippen LogP) is 3.73. The SMILES string of the molecule is CCCN1C(=O)NC2CC1(C)Oc1c(Br)cc(C)cc12. The molecule has 3 rings (SSSR count). The van der Waals surface area contributed by atoms with Gasteiger partial charge in [-0.1, -0.05) is 13.0 Å². The van der Waals surface area contributed by atoms with Crippen LogP contribution in [0.4, 0.5) is 4.79 Å². The van der Waals surface area contributed by atoms with Gasteiger partial charge in [-0.05, 0) is 47.8 Å². The Balaban J connectivity index is 2.08. The molecule has 5 heteroatoms. The maximum Gasteiger partial charge on any atom is 0.320 e. The molecule has 2 aliphatic heterocycles. The molecule has 2 atom stereocenters. The average molecular weight is 339 g/mol. The second-order valence-corrected chi connectivity index (χ2v) is 6.65. The van der Waals surface area contributed by atoms with Crippen LogP contribution in [-0.4, -0.2) is 23.2 Å². The lowest BCUT2D eigenvalue weighted by atomic mass is 9.89. The normalized spacial score (nSPS) is 27.7. The highest BCUT2D eigenvalue weighted by molar-refractivity contribution is 9.10. The van der Waals surface area contributed by atoms with Gasteiger partial charge in [0.2, 0.25) is 0 Å². The van der Waals surface area contributed by atoms with E-state index in [0.717, 1.165) is 34.2 Å². The molecule has 2 bridgehead atoms. The second-order valence-electron chi connectivity index (χ2n) is 5.80. The molecule has 0 aliphatic carbocycles. The van der Waals surface area contributed by atoms with E-state index in [-0.39, 0.29) is 12.1 Å². The minimum atomic E-state index is -0.562. The molecule has 20 heavy (non-hydrogen) atoms. The van der Waals surface area contributed by atoms with Gasteiger partial charge in [0.1, 0.15) is 5.75 Å². The Bertz CT molecular complexity index is 575. The topological polar surface area (TPSA) is 41.6 Å². The Morgan fingerprint density at radius 1 is 1.55 bits per heavy atom. The summed E-state index contributed by atoms with van der Waals surface area (Å²) in [4.78, 5) is 14.1. The van der Waals surface area contributed by atoms with Crippen LogP contribution in [0.15, 0.2) is 16.6 Å². The Morgan fingerprint density at radius 2 is 2.30 bits per heavy atom. The van der Waals surface area contributed by atoms with Gasteiger partial charge in [-0.3, -0.25) is 4.90 Å². The van der Waals surface area contributed by atoms with Crippen LogP contribution in [0.5, 0.6) is 5.75 Å². The number of rotatable bonds is 2. The Kier molecular flexibility index (Phi) is 3.20. The third-order valence-corrected chi connectivity index (χ3v) is 4.65. The number of nitrogens with zero attached hydrogens (tertiary/aromatic N) is 1. The molecule has 108 valence electrons. The number of urea groups is 1. The van der Waals surface area contributed by atoms with Crippen molar-refractivity contribution in [3.63, 3.8) is 0 Å². The van der Waals surface area contributed by atoms with Gasteiger partial charge < -0.3 is 10.1 Å². The zero-order valence-electron chi connectivity index (χ0n) is 12.0. The van der Waals surface area contributed by atoms with Crippen LogP contribution in [0.25, 0.3) is 0 Å². The van der Waals surface area contributed by atoms with Crippen LogP contribution in [-0.2, 0) is 0 Å². The van der Waals surface area contributed by atoms with Gasteiger partial charge in [-0.25, -0.2) is 4.79 Å². The van der Waals surface area contributed by atoms with Crippen molar-refractivity contribution < 1.29 is 9.53 Å². The number of hydrogen-bond acceptors (Lipinski definition) is 2. The monoisotopic (exact) mass is 338 g/mol. The Morgan fingerprint density at radius 3 is 3.00 bits per heavy atom. The third kappa shape index (κ3) is 1.99. The van der Waals surface area contributed by atoms with Crippen molar-refractivity contribution in [3.05, 3.63) is 27.7 Å². The minimum absolute atomic E-state index is 0.0283. The summed E-state index contributed by atoms with van der Waals surface area (Å²) >= 11 is 3.58. The lowest BCUT2D eigenvalue weighted by molar-refractivity contribution is -0.0842. The molecule has 0 aromatic heterocycles. The molecule has 0 spiro atoms. The maximum atomic E-state index is 12.3. The molecule has 1 aromatic rings. The van der Waals surface area contributed by atoms with Gasteiger partial charge in [0.25, 0.3) is 0 Å². The number of carbonyl (C=O) groups excluding carboxylic acids is 1. The van der Waals surface area contributed by atoms with E-state index in [4.69, 9.17) is 4.74 Å². The van der Waals surface area contributed by atoms with Gasteiger partial charge in [0, 0.05) is 18.5 Å². The second kappa shape index (κ2) is 4.65. The van der Waals surface area contributed by atoms with E-state index in [1.165, 1.54) is 0 Å². The largest absolute Gasteiger partial charge is 0.466 e. The van der Waals surface area contributed by atoms with Crippen molar-refractivity contribution in [2.45, 2.75) is 45.4 Å². The van der Waals surface area contributed by atoms with Crippen LogP contribution >= 0.6 is 15.9 Å². The predicted molar refractivity (Wildman–Crippen MR) is 80.8 cm³/mol. The zero-order valence-corrected chi connectivity index (χ0v) is 13.6. The lowest BCUT2D eigenvalue weighted by Crippen LogP contribution is -2.64. The molecule has 2 unspecified atom stereocenters. The van der Waals surface area contributed by atoms with Crippen molar-refractivity contribution in [2.75, 3.05) is 6.54 Å². The van der Waals surface area contributed by atoms with Crippen LogP contribution in [0.1, 0.15) is 43.9 Å². The molecule has 1 N–H and O–H groups in total. The molecular formula is C15H19BrN2O2. The summed E-state index contributed by atoms with van der Waals surface area (Å²) in [6.07, 6.45) is 1.70. The number of halogens is 1. The number of aryl methyl sites for hydroxylation is 1. The molecule has 1 saturated heterocycles. The van der Waals surface area contributed by atoms with E-state index in [1.54, 1.807) is 4.90 Å². The number of benzene rings is 1. The summed E-state index contributed by atoms with van der Waals surface area (Å²) < 4.78 is 7.18. The van der Waals surface area contributed by atoms with Crippen LogP contribution < -0.4 is 10.1 Å². The summed E-state index contributed by atoms with van der Waals surface area (Å²) in [7, 11) is 0. The molecule has 2 aliphatic rings. The smallest absolute Gasteiger partial charge is 0.320 e. The first-order chi connectivity index (χ1) is 9.44. The van der Waals surface area contributed by atoms with Crippen LogP contribution in [0.2, 0.25) is 0 Å². The van der Waals surface area contributed by atoms with Crippen LogP contribution in [0, 0.1) is 6.92 Å². The average Bonchev–Trinajstić information content (AvgIpc) is 2.36. The van der Waals surface area contributed by atoms with E-state index in [1.807, 2.05) is 13.8 Å². The third-order valence-electron chi connectivity index (χ3n) is 4.06. The molecule has 2 heterocycles. The first kappa shape index (κ1) is 13.7. The van der Waals surface area contributed by atoms with Crippen molar-refractivity contribution in [2.24, 2.45) is 0 Å². The number of carbonyl (C=O) groups is 1. The van der Waals surface area contributed by atoms with E-state index < -0.39 is 5.72 Å². The highest BCUT2D eigenvalue weighted by atomic mass is 79.9. The maximum absolute atomic E-state index is 12.3. The highest BCUT2D eigenvalue weighted by Gasteiger charge is 2.49. The zero-order chi connectivity index (χ0) is 14.5. The van der Waals surface area contributed by atoms with Crippen molar-refractivity contribution in [1.29, 1.82) is 0 Å². The van der Waals surface area contributed by atoms with Gasteiger partial charge in [-0.15, -0.1) is 0 Å². The van der Waals surface area contributed by atoms with Gasteiger partial charge in [-0.2, -0.15) is 0 Å². The Hall–Kier alpha value is -1.23. The molecular weight excluding hydrogens is 320 g/mol. The molecule has 1 aromatic carbocycles. The molecule has 0 saturated carbocycles. The molecule has 4 nitrogen and oxygen atoms in total. The van der Waals surface area contributed by atoms with E-state index >= 15 is 0 Å². The van der Waals surface area contributed by atoms with Crippen molar-refractivity contribution >= 4 is 22.0 Å². The summed E-state index contributed by atoms with van der Waals surface area (Å²) in [6, 6.07) is 4.14. The fraction of sp³-hybridized carbons (Fsp3) is 0.533. The van der Waals surface area contributed by atoms with Crippen LogP contribution in [0.3, 0.4) is 0 Å². The summed E-state index contributed by atoms with van der Waals surface area (Å²) in [5.74, 6) is 0.857. The number of nitrogens with one attached hydrogen (secondary N) is 1. The van der Waals surface area contributed by atoms with E-state index in [9.17, 15) is 4.79 Å². The summed E-state index contributed by atoms with van der Waals surface area (Å²) in [6.45, 7) is 6.82. The van der Waals surface area contributed by atoms with Gasteiger partial charge in [0.05, 0.1) is 10.5 Å². The molecule has 0 radical (unpaired) electrons. The summed E-state index contributed by atoms with van der Waals surface area (Å²) in [5.41, 5.74) is 1.67. The first-order valence-corrected chi connectivity index (χ1v) is 7.81. The fourth-order valence-corrected chi connectivity index (χ4v) is 3.84. The minimum Gasteiger partial charge on any atom is -0.466 e. The fourth-order valence-electron chi connectivity index (χ4n) is 3.17. The molecule has 1 fully saturated rings. The van der Waals surface area contributed by atoms with Crippen molar-refractivity contribution in [3.8, 4) is 5.75 Å². The van der Waals surface area contributed by atoms with Gasteiger partial charge >= 0.3 is 6.03 Å². The van der Waals surface area contributed by atoms with E-state index in [0.29, 0.717) is 6.54 Å². The number of ether oxygens (including phenoxy) is 1. The summed E-state index contributed by atoms with van der Waals surface area (Å²) in [5, 5.41) is 3.10. The number of hydrogen-bond donors (Lipinski definition) is 1. The van der Waals surface area contributed by atoms with E-state index in [2.05, 4.69) is 40.3 Å². The Labute approximate surface area is 127 Å². The standard InChI is InChI=1S/C15H19BrN2O2/c1-4-5-18-14(19)17-12-8-15(18,3)20-13-10(12)6-9(2)7-11(13)16/h6-7,12H,4-5,8H2,1-3H3,(H,17,19). The van der Waals surface area contributed by atoms with Crippen molar-refractivity contribution in [1.82, 2.24) is 10.2 Å².